The van der Waals surface area contributed by atoms with Crippen LogP contribution in [0.15, 0.2) is 67.4 Å². The molecule has 3 nitrogen and oxygen atoms in total. The van der Waals surface area contributed by atoms with Crippen LogP contribution in [-0.2, 0) is 10.8 Å². The van der Waals surface area contributed by atoms with E-state index in [9.17, 15) is 0 Å². The number of hydrogen-bond acceptors (Lipinski definition) is 3. The summed E-state index contributed by atoms with van der Waals surface area (Å²) in [5.41, 5.74) is 4.05. The normalized spacial score (nSPS) is 11.9. The summed E-state index contributed by atoms with van der Waals surface area (Å²) in [7, 11) is 0. The first-order valence-corrected chi connectivity index (χ1v) is 9.70. The minimum absolute atomic E-state index is 0.133. The highest BCUT2D eigenvalue weighted by Crippen LogP contribution is 2.29. The molecule has 0 radical (unpaired) electrons. The zero-order valence-corrected chi connectivity index (χ0v) is 17.7. The van der Waals surface area contributed by atoms with Crippen molar-refractivity contribution >= 4 is 21.7 Å². The van der Waals surface area contributed by atoms with E-state index in [1.165, 1.54) is 21.9 Å². The molecule has 3 heteroatoms. The summed E-state index contributed by atoms with van der Waals surface area (Å²) in [6.45, 7) is 13.3. The molecule has 2 heterocycles. The van der Waals surface area contributed by atoms with Crippen LogP contribution in [0.25, 0.3) is 21.7 Å². The van der Waals surface area contributed by atoms with Crippen molar-refractivity contribution in [2.75, 3.05) is 0 Å². The highest BCUT2D eigenvalue weighted by Gasteiger charge is 2.17. The van der Waals surface area contributed by atoms with Gasteiger partial charge < -0.3 is 0 Å². The van der Waals surface area contributed by atoms with Gasteiger partial charge >= 0.3 is 0 Å². The van der Waals surface area contributed by atoms with Crippen molar-refractivity contribution in [1.82, 2.24) is 15.0 Å². The molecule has 2 aromatic heterocycles. The van der Waals surface area contributed by atoms with E-state index >= 15 is 0 Å². The maximum Gasteiger partial charge on any atom is 0.116 e. The van der Waals surface area contributed by atoms with Gasteiger partial charge in [-0.3, -0.25) is 4.98 Å². The second kappa shape index (κ2) is 7.67. The molecule has 28 heavy (non-hydrogen) atoms. The van der Waals surface area contributed by atoms with Crippen LogP contribution in [0.5, 0.6) is 0 Å². The predicted octanol–water partition coefficient (Wildman–Crippen LogP) is 6.46. The summed E-state index contributed by atoms with van der Waals surface area (Å²) in [5.74, 6) is 0. The molecule has 0 aliphatic rings. The maximum atomic E-state index is 4.34. The molecule has 4 aromatic rings. The van der Waals surface area contributed by atoms with Crippen molar-refractivity contribution in [3.05, 3.63) is 78.5 Å². The first-order valence-electron chi connectivity index (χ1n) is 9.70. The average molecular weight is 372 g/mol. The lowest BCUT2D eigenvalue weighted by molar-refractivity contribution is 0.594. The van der Waals surface area contributed by atoms with E-state index in [1.807, 2.05) is 24.7 Å². The Balaban J connectivity index is 0.000000161. The molecule has 0 bridgehead atoms. The molecule has 4 rings (SSSR count). The largest absolute Gasteiger partial charge is 0.264 e. The molecule has 0 aliphatic heterocycles. The Hall–Kier alpha value is -2.81. The molecule has 0 unspecified atom stereocenters. The summed E-state index contributed by atoms with van der Waals surface area (Å²) in [6, 6.07) is 14.7. The Kier molecular flexibility index (Phi) is 5.46. The molecular formula is C25H29N3. The SMILES string of the molecule is CC(C)(C)c1cccc2cnccc12.CC(C)(C)c1cccc2cncnc12. The molecule has 2 aromatic carbocycles. The standard InChI is InChI=1S/C13H15N.C12H14N2/c1-13(2,3)12-6-4-5-10-9-14-8-7-11(10)12;1-12(2,3)10-6-4-5-9-7-13-8-14-11(9)10/h4-9H,1-3H3;4-8H,1-3H3. The van der Waals surface area contributed by atoms with Crippen LogP contribution in [0.1, 0.15) is 52.7 Å². The number of fused-ring (bicyclic) bond motifs is 2. The van der Waals surface area contributed by atoms with Gasteiger partial charge in [-0.05, 0) is 33.4 Å². The minimum atomic E-state index is 0.133. The Morgan fingerprint density at radius 1 is 0.643 bits per heavy atom. The topological polar surface area (TPSA) is 38.7 Å². The van der Waals surface area contributed by atoms with Crippen LogP contribution in [0, 0.1) is 0 Å². The number of nitrogens with zero attached hydrogens (tertiary/aromatic N) is 3. The minimum Gasteiger partial charge on any atom is -0.264 e. The van der Waals surface area contributed by atoms with Crippen LogP contribution >= 0.6 is 0 Å². The van der Waals surface area contributed by atoms with Gasteiger partial charge in [-0.1, -0.05) is 77.9 Å². The fourth-order valence-corrected chi connectivity index (χ4v) is 3.40. The van der Waals surface area contributed by atoms with Gasteiger partial charge in [0.2, 0.25) is 0 Å². The molecule has 0 N–H and O–H groups in total. The zero-order chi connectivity index (χ0) is 20.4. The van der Waals surface area contributed by atoms with Gasteiger partial charge in [-0.15, -0.1) is 0 Å². The summed E-state index contributed by atoms with van der Waals surface area (Å²) in [4.78, 5) is 12.5. The summed E-state index contributed by atoms with van der Waals surface area (Å²) in [6.07, 6.45) is 7.25. The lowest BCUT2D eigenvalue weighted by atomic mass is 9.84. The molecule has 0 saturated carbocycles. The second-order valence-corrected chi connectivity index (χ2v) is 9.17. The summed E-state index contributed by atoms with van der Waals surface area (Å²) >= 11 is 0. The van der Waals surface area contributed by atoms with E-state index < -0.39 is 0 Å². The van der Waals surface area contributed by atoms with Crippen molar-refractivity contribution in [2.24, 2.45) is 0 Å². The van der Waals surface area contributed by atoms with E-state index in [1.54, 1.807) is 6.33 Å². The quantitative estimate of drug-likeness (QED) is 0.356. The Bertz CT molecular complexity index is 986. The third-order valence-electron chi connectivity index (χ3n) is 4.83. The molecule has 0 amide bonds. The average Bonchev–Trinajstić information content (AvgIpc) is 2.66. The summed E-state index contributed by atoms with van der Waals surface area (Å²) in [5, 5.41) is 3.65. The number of benzene rings is 2. The third kappa shape index (κ3) is 4.36. The number of hydrogen-bond donors (Lipinski definition) is 0. The van der Waals surface area contributed by atoms with Crippen LogP contribution in [0.2, 0.25) is 0 Å². The maximum absolute atomic E-state index is 4.34. The van der Waals surface area contributed by atoms with Gasteiger partial charge in [-0.2, -0.15) is 0 Å². The predicted molar refractivity (Wildman–Crippen MR) is 119 cm³/mol. The van der Waals surface area contributed by atoms with Crippen molar-refractivity contribution < 1.29 is 0 Å². The zero-order valence-electron chi connectivity index (χ0n) is 17.7. The molecule has 144 valence electrons. The van der Waals surface area contributed by atoms with E-state index in [-0.39, 0.29) is 10.8 Å². The highest BCUT2D eigenvalue weighted by atomic mass is 14.8. The highest BCUT2D eigenvalue weighted by molar-refractivity contribution is 5.85. The number of rotatable bonds is 0. The fourth-order valence-electron chi connectivity index (χ4n) is 3.40. The Morgan fingerprint density at radius 3 is 1.93 bits per heavy atom. The van der Waals surface area contributed by atoms with Gasteiger partial charge in [0.05, 0.1) is 5.52 Å². The lowest BCUT2D eigenvalue weighted by Gasteiger charge is -2.20. The van der Waals surface area contributed by atoms with E-state index in [2.05, 4.69) is 92.9 Å². The molecule has 0 atom stereocenters. The molecule has 0 fully saturated rings. The second-order valence-electron chi connectivity index (χ2n) is 9.17. The first-order chi connectivity index (χ1) is 13.2. The van der Waals surface area contributed by atoms with Gasteiger partial charge in [0.25, 0.3) is 0 Å². The first kappa shape index (κ1) is 19.9. The smallest absolute Gasteiger partial charge is 0.116 e. The van der Waals surface area contributed by atoms with Crippen molar-refractivity contribution in [1.29, 1.82) is 0 Å². The van der Waals surface area contributed by atoms with E-state index in [0.717, 1.165) is 10.9 Å². The van der Waals surface area contributed by atoms with Gasteiger partial charge in [0.1, 0.15) is 6.33 Å². The monoisotopic (exact) mass is 371 g/mol. The molecular weight excluding hydrogens is 342 g/mol. The van der Waals surface area contributed by atoms with Crippen LogP contribution in [0.3, 0.4) is 0 Å². The number of aromatic nitrogens is 3. The van der Waals surface area contributed by atoms with E-state index in [0.29, 0.717) is 0 Å². The molecule has 0 saturated heterocycles. The molecule has 0 spiro atoms. The van der Waals surface area contributed by atoms with Gasteiger partial charge in [0, 0.05) is 29.4 Å². The van der Waals surface area contributed by atoms with Crippen LogP contribution < -0.4 is 0 Å². The van der Waals surface area contributed by atoms with Crippen molar-refractivity contribution in [3.63, 3.8) is 0 Å². The number of pyridine rings is 1. The van der Waals surface area contributed by atoms with Crippen molar-refractivity contribution in [2.45, 2.75) is 52.4 Å². The number of para-hydroxylation sites is 1. The van der Waals surface area contributed by atoms with E-state index in [4.69, 9.17) is 0 Å². The summed E-state index contributed by atoms with van der Waals surface area (Å²) < 4.78 is 0. The van der Waals surface area contributed by atoms with Crippen LogP contribution in [-0.4, -0.2) is 15.0 Å². The lowest BCUT2D eigenvalue weighted by Crippen LogP contribution is -2.12. The van der Waals surface area contributed by atoms with Gasteiger partial charge in [-0.25, -0.2) is 9.97 Å². The van der Waals surface area contributed by atoms with Gasteiger partial charge in [0.15, 0.2) is 0 Å². The Morgan fingerprint density at radius 2 is 1.25 bits per heavy atom. The third-order valence-corrected chi connectivity index (χ3v) is 4.83. The Labute approximate surface area is 167 Å². The van der Waals surface area contributed by atoms with Crippen molar-refractivity contribution in [3.8, 4) is 0 Å². The van der Waals surface area contributed by atoms with Crippen LogP contribution in [0.4, 0.5) is 0 Å². The molecule has 0 aliphatic carbocycles. The fraction of sp³-hybridized carbons (Fsp3) is 0.320.